The first kappa shape index (κ1) is 14.3. The van der Waals surface area contributed by atoms with Gasteiger partial charge in [0.25, 0.3) is 0 Å². The van der Waals surface area contributed by atoms with Crippen LogP contribution >= 0.6 is 15.9 Å². The largest absolute Gasteiger partial charge is 0.478 e. The highest BCUT2D eigenvalue weighted by Gasteiger charge is 2.05. The zero-order valence-electron chi connectivity index (χ0n) is 10.5. The van der Waals surface area contributed by atoms with E-state index in [1.54, 1.807) is 0 Å². The highest BCUT2D eigenvalue weighted by atomic mass is 79.9. The van der Waals surface area contributed by atoms with Gasteiger partial charge in [-0.05, 0) is 34.8 Å². The van der Waals surface area contributed by atoms with Crippen molar-refractivity contribution >= 4 is 15.9 Å². The van der Waals surface area contributed by atoms with Crippen LogP contribution in [0.4, 0.5) is 0 Å². The van der Waals surface area contributed by atoms with E-state index in [9.17, 15) is 0 Å². The molecule has 1 aromatic heterocycles. The summed E-state index contributed by atoms with van der Waals surface area (Å²) in [6, 6.07) is 3.77. The van der Waals surface area contributed by atoms with Crippen LogP contribution in [0.5, 0.6) is 11.8 Å². The fourth-order valence-electron chi connectivity index (χ4n) is 1.22. The second kappa shape index (κ2) is 8.34. The molecule has 4 heteroatoms. The van der Waals surface area contributed by atoms with E-state index in [1.165, 1.54) is 0 Å². The Morgan fingerprint density at radius 1 is 1.06 bits per heavy atom. The summed E-state index contributed by atoms with van der Waals surface area (Å²) in [5.74, 6) is 1.25. The van der Waals surface area contributed by atoms with Crippen LogP contribution in [0.2, 0.25) is 0 Å². The van der Waals surface area contributed by atoms with Crippen molar-refractivity contribution in [3.05, 3.63) is 16.6 Å². The van der Waals surface area contributed by atoms with E-state index in [0.29, 0.717) is 25.0 Å². The fraction of sp³-hybridized carbons (Fsp3) is 0.615. The van der Waals surface area contributed by atoms with Gasteiger partial charge in [0.15, 0.2) is 0 Å². The first-order valence-corrected chi connectivity index (χ1v) is 6.99. The van der Waals surface area contributed by atoms with Crippen LogP contribution in [0.1, 0.15) is 39.5 Å². The predicted octanol–water partition coefficient (Wildman–Crippen LogP) is 4.20. The Balaban J connectivity index is 2.53. The summed E-state index contributed by atoms with van der Waals surface area (Å²) in [6.45, 7) is 5.67. The highest BCUT2D eigenvalue weighted by Crippen LogP contribution is 2.25. The van der Waals surface area contributed by atoms with Gasteiger partial charge in [0.1, 0.15) is 0 Å². The minimum absolute atomic E-state index is 0.618. The van der Waals surface area contributed by atoms with Gasteiger partial charge < -0.3 is 9.47 Å². The Bertz CT molecular complexity index is 331. The highest BCUT2D eigenvalue weighted by molar-refractivity contribution is 9.10. The maximum Gasteiger partial charge on any atom is 0.231 e. The molecule has 0 aliphatic carbocycles. The number of nitrogens with zero attached hydrogens (tertiary/aromatic N) is 1. The first-order valence-electron chi connectivity index (χ1n) is 6.20. The summed E-state index contributed by atoms with van der Waals surface area (Å²) in [6.07, 6.45) is 4.32. The molecule has 0 aromatic carbocycles. The second-order valence-electron chi connectivity index (χ2n) is 3.84. The van der Waals surface area contributed by atoms with Crippen molar-refractivity contribution in [2.45, 2.75) is 39.5 Å². The van der Waals surface area contributed by atoms with Crippen molar-refractivity contribution in [2.75, 3.05) is 13.2 Å². The minimum Gasteiger partial charge on any atom is -0.478 e. The third-order valence-corrected chi connectivity index (χ3v) is 2.88. The lowest BCUT2D eigenvalue weighted by Gasteiger charge is -2.09. The van der Waals surface area contributed by atoms with Gasteiger partial charge in [0, 0.05) is 6.07 Å². The normalized spacial score (nSPS) is 10.3. The van der Waals surface area contributed by atoms with Crippen LogP contribution < -0.4 is 9.47 Å². The molecule has 3 nitrogen and oxygen atoms in total. The Labute approximate surface area is 112 Å². The van der Waals surface area contributed by atoms with Gasteiger partial charge in [-0.1, -0.05) is 26.7 Å². The Morgan fingerprint density at radius 3 is 2.35 bits per heavy atom. The fourth-order valence-corrected chi connectivity index (χ4v) is 1.56. The molecule has 1 heterocycles. The van der Waals surface area contributed by atoms with E-state index in [0.717, 1.165) is 30.2 Å². The summed E-state index contributed by atoms with van der Waals surface area (Å²) < 4.78 is 12.0. The first-order chi connectivity index (χ1) is 8.27. The monoisotopic (exact) mass is 301 g/mol. The lowest BCUT2D eigenvalue weighted by atomic mass is 10.3. The van der Waals surface area contributed by atoms with E-state index in [-0.39, 0.29) is 0 Å². The zero-order chi connectivity index (χ0) is 12.5. The average Bonchev–Trinajstić information content (AvgIpc) is 2.33. The SMILES string of the molecule is CCCCOc1ccc(Br)c(OCCCC)n1. The third kappa shape index (κ3) is 5.39. The van der Waals surface area contributed by atoms with Gasteiger partial charge in [0.05, 0.1) is 17.7 Å². The topological polar surface area (TPSA) is 31.4 Å². The standard InChI is InChI=1S/C13H20BrNO2/c1-3-5-9-16-12-8-7-11(14)13(15-12)17-10-6-4-2/h7-8H,3-6,9-10H2,1-2H3. The van der Waals surface area contributed by atoms with Crippen molar-refractivity contribution in [3.8, 4) is 11.8 Å². The van der Waals surface area contributed by atoms with E-state index in [4.69, 9.17) is 9.47 Å². The van der Waals surface area contributed by atoms with Crippen LogP contribution in [0.25, 0.3) is 0 Å². The van der Waals surface area contributed by atoms with Gasteiger partial charge in [-0.3, -0.25) is 0 Å². The van der Waals surface area contributed by atoms with Crippen LogP contribution in [-0.4, -0.2) is 18.2 Å². The molecular weight excluding hydrogens is 282 g/mol. The predicted molar refractivity (Wildman–Crippen MR) is 72.7 cm³/mol. The van der Waals surface area contributed by atoms with Crippen molar-refractivity contribution in [2.24, 2.45) is 0 Å². The zero-order valence-corrected chi connectivity index (χ0v) is 12.1. The summed E-state index contributed by atoms with van der Waals surface area (Å²) in [7, 11) is 0. The van der Waals surface area contributed by atoms with Gasteiger partial charge in [0.2, 0.25) is 11.8 Å². The molecule has 0 unspecified atom stereocenters. The molecule has 0 amide bonds. The molecule has 0 fully saturated rings. The number of rotatable bonds is 8. The molecule has 0 bridgehead atoms. The molecule has 0 aliphatic rings. The minimum atomic E-state index is 0.618. The number of halogens is 1. The molecule has 1 rings (SSSR count). The second-order valence-corrected chi connectivity index (χ2v) is 4.69. The number of pyridine rings is 1. The number of unbranched alkanes of at least 4 members (excludes halogenated alkanes) is 2. The summed E-state index contributed by atoms with van der Waals surface area (Å²) in [5.41, 5.74) is 0. The van der Waals surface area contributed by atoms with Gasteiger partial charge >= 0.3 is 0 Å². The maximum atomic E-state index is 5.59. The number of hydrogen-bond donors (Lipinski definition) is 0. The Morgan fingerprint density at radius 2 is 1.71 bits per heavy atom. The average molecular weight is 302 g/mol. The lowest BCUT2D eigenvalue weighted by Crippen LogP contribution is -2.02. The lowest BCUT2D eigenvalue weighted by molar-refractivity contribution is 0.271. The molecule has 0 saturated heterocycles. The molecule has 0 spiro atoms. The van der Waals surface area contributed by atoms with Crippen molar-refractivity contribution in [1.29, 1.82) is 0 Å². The quantitative estimate of drug-likeness (QED) is 0.674. The number of aromatic nitrogens is 1. The smallest absolute Gasteiger partial charge is 0.231 e. The van der Waals surface area contributed by atoms with Gasteiger partial charge in [-0.15, -0.1) is 0 Å². The van der Waals surface area contributed by atoms with E-state index >= 15 is 0 Å². The molecule has 0 radical (unpaired) electrons. The summed E-state index contributed by atoms with van der Waals surface area (Å²) in [4.78, 5) is 4.32. The van der Waals surface area contributed by atoms with E-state index in [1.807, 2.05) is 12.1 Å². The van der Waals surface area contributed by atoms with Crippen molar-refractivity contribution < 1.29 is 9.47 Å². The number of hydrogen-bond acceptors (Lipinski definition) is 3. The van der Waals surface area contributed by atoms with Crippen LogP contribution in [0.3, 0.4) is 0 Å². The van der Waals surface area contributed by atoms with Crippen molar-refractivity contribution in [1.82, 2.24) is 4.98 Å². The van der Waals surface area contributed by atoms with E-state index in [2.05, 4.69) is 34.8 Å². The molecule has 0 N–H and O–H groups in total. The van der Waals surface area contributed by atoms with Gasteiger partial charge in [-0.25, -0.2) is 0 Å². The molecule has 0 saturated carbocycles. The molecule has 96 valence electrons. The van der Waals surface area contributed by atoms with E-state index < -0.39 is 0 Å². The Kier molecular flexibility index (Phi) is 7.01. The van der Waals surface area contributed by atoms with Crippen LogP contribution in [0, 0.1) is 0 Å². The molecular formula is C13H20BrNO2. The Hall–Kier alpha value is -0.770. The number of ether oxygens (including phenoxy) is 2. The maximum absolute atomic E-state index is 5.59. The van der Waals surface area contributed by atoms with Crippen LogP contribution in [-0.2, 0) is 0 Å². The molecule has 0 atom stereocenters. The van der Waals surface area contributed by atoms with Crippen molar-refractivity contribution in [3.63, 3.8) is 0 Å². The molecule has 0 aliphatic heterocycles. The molecule has 17 heavy (non-hydrogen) atoms. The van der Waals surface area contributed by atoms with Gasteiger partial charge in [-0.2, -0.15) is 4.98 Å². The van der Waals surface area contributed by atoms with Crippen LogP contribution in [0.15, 0.2) is 16.6 Å². The third-order valence-electron chi connectivity index (χ3n) is 2.27. The molecule has 1 aromatic rings. The summed E-state index contributed by atoms with van der Waals surface area (Å²) >= 11 is 3.42. The summed E-state index contributed by atoms with van der Waals surface area (Å²) in [5, 5.41) is 0.